The molecule has 0 bridgehead atoms. The van der Waals surface area contributed by atoms with E-state index in [2.05, 4.69) is 23.2 Å². The van der Waals surface area contributed by atoms with Crippen molar-refractivity contribution in [3.63, 3.8) is 0 Å². The lowest BCUT2D eigenvalue weighted by molar-refractivity contribution is 0.254. The molecule has 6 heteroatoms. The molecular formula is C16H15N3OS2. The van der Waals surface area contributed by atoms with Gasteiger partial charge in [-0.25, -0.2) is 9.78 Å². The molecule has 0 saturated carbocycles. The van der Waals surface area contributed by atoms with Crippen LogP contribution in [0.2, 0.25) is 0 Å². The van der Waals surface area contributed by atoms with Gasteiger partial charge < -0.3 is 5.73 Å². The zero-order chi connectivity index (χ0) is 15.5. The quantitative estimate of drug-likeness (QED) is 0.774. The molecule has 0 unspecified atom stereocenters. The van der Waals surface area contributed by atoms with Crippen LogP contribution in [0.1, 0.15) is 6.92 Å². The van der Waals surface area contributed by atoms with Crippen molar-refractivity contribution in [2.45, 2.75) is 16.7 Å². The number of hydrogen-bond donors (Lipinski definition) is 1. The van der Waals surface area contributed by atoms with Gasteiger partial charge in [0.1, 0.15) is 0 Å². The number of benzene rings is 2. The number of urea groups is 1. The van der Waals surface area contributed by atoms with Crippen LogP contribution in [0, 0.1) is 0 Å². The highest BCUT2D eigenvalue weighted by molar-refractivity contribution is 7.99. The lowest BCUT2D eigenvalue weighted by atomic mass is 10.3. The number of carbonyl (C=O) groups excluding carboxylic acids is 1. The van der Waals surface area contributed by atoms with Gasteiger partial charge in [0.05, 0.1) is 10.2 Å². The van der Waals surface area contributed by atoms with E-state index in [1.165, 1.54) is 21.1 Å². The zero-order valence-electron chi connectivity index (χ0n) is 12.0. The highest BCUT2D eigenvalue weighted by Gasteiger charge is 2.16. The topological polar surface area (TPSA) is 59.2 Å². The summed E-state index contributed by atoms with van der Waals surface area (Å²) in [4.78, 5) is 19.8. The predicted octanol–water partition coefficient (Wildman–Crippen LogP) is 4.35. The van der Waals surface area contributed by atoms with Crippen molar-refractivity contribution in [1.82, 2.24) is 4.98 Å². The minimum Gasteiger partial charge on any atom is -0.351 e. The maximum Gasteiger partial charge on any atom is 0.321 e. The van der Waals surface area contributed by atoms with E-state index < -0.39 is 6.03 Å². The summed E-state index contributed by atoms with van der Waals surface area (Å²) in [5.41, 5.74) is 6.30. The van der Waals surface area contributed by atoms with Gasteiger partial charge >= 0.3 is 6.03 Å². The number of rotatable bonds is 4. The number of amides is 2. The van der Waals surface area contributed by atoms with Gasteiger partial charge in [0, 0.05) is 16.3 Å². The SMILES string of the molecule is CCN(C(N)=O)c1nc2cccc(Sc3ccccc3)c2s1. The van der Waals surface area contributed by atoms with E-state index in [-0.39, 0.29) is 0 Å². The van der Waals surface area contributed by atoms with Gasteiger partial charge in [0.2, 0.25) is 0 Å². The lowest BCUT2D eigenvalue weighted by Gasteiger charge is -2.13. The van der Waals surface area contributed by atoms with E-state index in [1.807, 2.05) is 37.3 Å². The van der Waals surface area contributed by atoms with Gasteiger partial charge in [-0.15, -0.1) is 0 Å². The molecule has 0 radical (unpaired) electrons. The van der Waals surface area contributed by atoms with Crippen molar-refractivity contribution < 1.29 is 4.79 Å². The molecule has 2 N–H and O–H groups in total. The number of anilines is 1. The fourth-order valence-corrected chi connectivity index (χ4v) is 4.29. The number of fused-ring (bicyclic) bond motifs is 1. The number of thiazole rings is 1. The fourth-order valence-electron chi connectivity index (χ4n) is 2.11. The second kappa shape index (κ2) is 6.37. The number of nitrogens with two attached hydrogens (primary N) is 1. The summed E-state index contributed by atoms with van der Waals surface area (Å²) in [6.07, 6.45) is 0. The Balaban J connectivity index is 2.02. The highest BCUT2D eigenvalue weighted by atomic mass is 32.2. The minimum absolute atomic E-state index is 0.473. The Bertz CT molecular complexity index is 802. The molecule has 0 atom stereocenters. The molecule has 1 aromatic heterocycles. The smallest absolute Gasteiger partial charge is 0.321 e. The van der Waals surface area contributed by atoms with Gasteiger partial charge in [0.15, 0.2) is 5.13 Å². The second-order valence-electron chi connectivity index (χ2n) is 4.60. The van der Waals surface area contributed by atoms with E-state index in [4.69, 9.17) is 5.73 Å². The molecule has 2 amide bonds. The second-order valence-corrected chi connectivity index (χ2v) is 6.69. The van der Waals surface area contributed by atoms with Gasteiger partial charge in [-0.3, -0.25) is 4.90 Å². The average Bonchev–Trinajstić information content (AvgIpc) is 2.93. The first-order chi connectivity index (χ1) is 10.7. The van der Waals surface area contributed by atoms with Crippen molar-refractivity contribution in [2.24, 2.45) is 5.73 Å². The molecule has 1 heterocycles. The van der Waals surface area contributed by atoms with Gasteiger partial charge in [-0.1, -0.05) is 47.4 Å². The zero-order valence-corrected chi connectivity index (χ0v) is 13.7. The van der Waals surface area contributed by atoms with Crippen LogP contribution in [0.3, 0.4) is 0 Å². The number of carbonyl (C=O) groups is 1. The summed E-state index contributed by atoms with van der Waals surface area (Å²) < 4.78 is 1.08. The van der Waals surface area contributed by atoms with Gasteiger partial charge in [-0.2, -0.15) is 0 Å². The Morgan fingerprint density at radius 2 is 2.00 bits per heavy atom. The molecule has 0 aliphatic heterocycles. The average molecular weight is 329 g/mol. The molecule has 0 fully saturated rings. The summed E-state index contributed by atoms with van der Waals surface area (Å²) in [6.45, 7) is 2.40. The largest absolute Gasteiger partial charge is 0.351 e. The molecule has 3 aromatic rings. The fraction of sp³-hybridized carbons (Fsp3) is 0.125. The molecule has 0 aliphatic carbocycles. The van der Waals surface area contributed by atoms with Crippen LogP contribution in [0.5, 0.6) is 0 Å². The summed E-state index contributed by atoms with van der Waals surface area (Å²) >= 11 is 3.19. The molecule has 0 aliphatic rings. The van der Waals surface area contributed by atoms with E-state index in [0.29, 0.717) is 11.7 Å². The Morgan fingerprint density at radius 1 is 1.23 bits per heavy atom. The maximum absolute atomic E-state index is 11.5. The van der Waals surface area contributed by atoms with Crippen LogP contribution in [0.15, 0.2) is 58.3 Å². The first-order valence-corrected chi connectivity index (χ1v) is 8.51. The first-order valence-electron chi connectivity index (χ1n) is 6.88. The van der Waals surface area contributed by atoms with E-state index in [9.17, 15) is 4.79 Å². The molecule has 2 aromatic carbocycles. The van der Waals surface area contributed by atoms with Crippen LogP contribution in [0.25, 0.3) is 10.2 Å². The summed E-state index contributed by atoms with van der Waals surface area (Å²) in [5, 5.41) is 0.645. The summed E-state index contributed by atoms with van der Waals surface area (Å²) in [6, 6.07) is 15.7. The van der Waals surface area contributed by atoms with Crippen LogP contribution in [-0.2, 0) is 0 Å². The number of hydrogen-bond acceptors (Lipinski definition) is 4. The van der Waals surface area contributed by atoms with E-state index >= 15 is 0 Å². The van der Waals surface area contributed by atoms with Gasteiger partial charge in [0.25, 0.3) is 0 Å². The normalized spacial score (nSPS) is 10.8. The Kier molecular flexibility index (Phi) is 4.31. The van der Waals surface area contributed by atoms with Crippen molar-refractivity contribution in [3.8, 4) is 0 Å². The van der Waals surface area contributed by atoms with E-state index in [0.717, 1.165) is 15.1 Å². The predicted molar refractivity (Wildman–Crippen MR) is 92.8 cm³/mol. The van der Waals surface area contributed by atoms with Crippen LogP contribution in [0.4, 0.5) is 9.93 Å². The molecular weight excluding hydrogens is 314 g/mol. The first kappa shape index (κ1) is 14.9. The standard InChI is InChI=1S/C16H15N3OS2/c1-2-19(15(17)20)16-18-12-9-6-10-13(14(12)22-16)21-11-7-4-3-5-8-11/h3-10H,2H2,1H3,(H2,17,20). The third kappa shape index (κ3) is 2.93. The summed E-state index contributed by atoms with van der Waals surface area (Å²) in [5.74, 6) is 0. The lowest BCUT2D eigenvalue weighted by Crippen LogP contribution is -2.35. The van der Waals surface area contributed by atoms with Crippen molar-refractivity contribution in [2.75, 3.05) is 11.4 Å². The van der Waals surface area contributed by atoms with Crippen LogP contribution in [-0.4, -0.2) is 17.6 Å². The molecule has 0 saturated heterocycles. The van der Waals surface area contributed by atoms with Crippen molar-refractivity contribution in [1.29, 1.82) is 0 Å². The molecule has 3 rings (SSSR count). The monoisotopic (exact) mass is 329 g/mol. The summed E-state index contributed by atoms with van der Waals surface area (Å²) in [7, 11) is 0. The van der Waals surface area contributed by atoms with E-state index in [1.54, 1.807) is 11.8 Å². The van der Waals surface area contributed by atoms with Crippen molar-refractivity contribution >= 4 is 44.5 Å². The van der Waals surface area contributed by atoms with Crippen LogP contribution < -0.4 is 10.6 Å². The highest BCUT2D eigenvalue weighted by Crippen LogP contribution is 2.38. The Labute approximate surface area is 137 Å². The molecule has 4 nitrogen and oxygen atoms in total. The maximum atomic E-state index is 11.5. The minimum atomic E-state index is -0.473. The van der Waals surface area contributed by atoms with Crippen molar-refractivity contribution in [3.05, 3.63) is 48.5 Å². The number of nitrogens with zero attached hydrogens (tertiary/aromatic N) is 2. The van der Waals surface area contributed by atoms with Gasteiger partial charge in [-0.05, 0) is 31.2 Å². The molecule has 0 spiro atoms. The third-order valence-electron chi connectivity index (χ3n) is 3.15. The number of aromatic nitrogens is 1. The molecule has 112 valence electrons. The van der Waals surface area contributed by atoms with Crippen LogP contribution >= 0.6 is 23.1 Å². The molecule has 22 heavy (non-hydrogen) atoms. The third-order valence-corrected chi connectivity index (χ3v) is 5.48. The number of primary amides is 1. The Morgan fingerprint density at radius 3 is 2.68 bits per heavy atom. The Hall–Kier alpha value is -2.05.